The van der Waals surface area contributed by atoms with Gasteiger partial charge in [0.25, 0.3) is 0 Å². The summed E-state index contributed by atoms with van der Waals surface area (Å²) in [5.74, 6) is 1.83. The lowest BCUT2D eigenvalue weighted by atomic mass is 9.79. The van der Waals surface area contributed by atoms with E-state index in [0.29, 0.717) is 23.9 Å². The van der Waals surface area contributed by atoms with Gasteiger partial charge in [-0.05, 0) is 35.4 Å². The van der Waals surface area contributed by atoms with Crippen molar-refractivity contribution < 1.29 is 28.5 Å². The summed E-state index contributed by atoms with van der Waals surface area (Å²) in [6.45, 7) is 0.408. The van der Waals surface area contributed by atoms with Crippen molar-refractivity contribution in [1.82, 2.24) is 0 Å². The first-order valence-corrected chi connectivity index (χ1v) is 9.80. The number of cyclic esters (lactones) is 1. The number of carbonyl (C=O) groups is 1. The van der Waals surface area contributed by atoms with Gasteiger partial charge in [-0.25, -0.2) is 0 Å². The highest BCUT2D eigenvalue weighted by atomic mass is 32.2. The van der Waals surface area contributed by atoms with Gasteiger partial charge in [-0.2, -0.15) is 0 Å². The van der Waals surface area contributed by atoms with E-state index in [2.05, 4.69) is 0 Å². The quantitative estimate of drug-likeness (QED) is 0.709. The van der Waals surface area contributed by atoms with Crippen molar-refractivity contribution >= 4 is 17.7 Å². The van der Waals surface area contributed by atoms with Crippen molar-refractivity contribution in [1.29, 1.82) is 0 Å². The summed E-state index contributed by atoms with van der Waals surface area (Å²) in [6.07, 6.45) is 0. The second-order valence-corrected chi connectivity index (χ2v) is 7.93. The number of ether oxygens (including phenoxy) is 5. The molecule has 0 saturated carbocycles. The van der Waals surface area contributed by atoms with Gasteiger partial charge < -0.3 is 23.7 Å². The van der Waals surface area contributed by atoms with Gasteiger partial charge in [-0.3, -0.25) is 4.79 Å². The van der Waals surface area contributed by atoms with Crippen LogP contribution in [0.1, 0.15) is 17.0 Å². The topological polar surface area (TPSA) is 63.2 Å². The minimum atomic E-state index is -0.270. The van der Waals surface area contributed by atoms with Gasteiger partial charge in [-0.1, -0.05) is 6.07 Å². The zero-order valence-electron chi connectivity index (χ0n) is 16.2. The van der Waals surface area contributed by atoms with Crippen LogP contribution in [0, 0.1) is 5.92 Å². The molecule has 2 heterocycles. The first kappa shape index (κ1) is 18.8. The fourth-order valence-electron chi connectivity index (χ4n) is 4.00. The molecule has 7 heteroatoms. The van der Waals surface area contributed by atoms with Crippen LogP contribution in [-0.2, 0) is 9.53 Å². The fraction of sp³-hybridized carbons (Fsp3) is 0.381. The SMILES string of the molecule is COc1ccc2c(c1)S[C@H]1COC(=O)[C@@H]1[C@H]2c1cc(OC)c(OC)c(OC)c1. The van der Waals surface area contributed by atoms with Gasteiger partial charge >= 0.3 is 5.97 Å². The molecule has 2 aromatic rings. The highest BCUT2D eigenvalue weighted by Gasteiger charge is 2.48. The van der Waals surface area contributed by atoms with E-state index in [1.807, 2.05) is 30.3 Å². The van der Waals surface area contributed by atoms with Crippen LogP contribution in [-0.4, -0.2) is 46.3 Å². The van der Waals surface area contributed by atoms with Crippen molar-refractivity contribution in [2.45, 2.75) is 16.1 Å². The van der Waals surface area contributed by atoms with Crippen molar-refractivity contribution in [3.63, 3.8) is 0 Å². The molecule has 1 saturated heterocycles. The molecule has 0 aliphatic carbocycles. The summed E-state index contributed by atoms with van der Waals surface area (Å²) in [5, 5.41) is 0.0520. The maximum Gasteiger partial charge on any atom is 0.311 e. The fourth-order valence-corrected chi connectivity index (χ4v) is 5.39. The standard InChI is InChI=1S/C21H22O6S/c1-23-12-5-6-13-16(9-12)28-17-10-27-21(22)19(17)18(13)11-7-14(24-2)20(26-4)15(8-11)25-3/h5-9,17-19H,10H2,1-4H3/t17-,18-,19-/m0/s1. The summed E-state index contributed by atoms with van der Waals surface area (Å²) >= 11 is 1.67. The average molecular weight is 402 g/mol. The van der Waals surface area contributed by atoms with E-state index < -0.39 is 0 Å². The molecule has 1 fully saturated rings. The second-order valence-electron chi connectivity index (χ2n) is 6.65. The van der Waals surface area contributed by atoms with Crippen molar-refractivity contribution in [2.24, 2.45) is 5.92 Å². The number of hydrogen-bond donors (Lipinski definition) is 0. The summed E-state index contributed by atoms with van der Waals surface area (Å²) in [5.41, 5.74) is 2.00. The highest BCUT2D eigenvalue weighted by Crippen LogP contribution is 2.53. The minimum absolute atomic E-state index is 0.0520. The Morgan fingerprint density at radius 2 is 1.68 bits per heavy atom. The van der Waals surface area contributed by atoms with Crippen LogP contribution in [0.3, 0.4) is 0 Å². The molecule has 0 radical (unpaired) electrons. The second kappa shape index (κ2) is 7.47. The molecule has 0 N–H and O–H groups in total. The number of hydrogen-bond acceptors (Lipinski definition) is 7. The molecule has 0 unspecified atom stereocenters. The molecule has 0 amide bonds. The van der Waals surface area contributed by atoms with Crippen molar-refractivity contribution in [2.75, 3.05) is 35.0 Å². The van der Waals surface area contributed by atoms with Crippen LogP contribution in [0.2, 0.25) is 0 Å². The molecule has 0 spiro atoms. The van der Waals surface area contributed by atoms with Gasteiger partial charge in [0.15, 0.2) is 11.5 Å². The van der Waals surface area contributed by atoms with E-state index in [9.17, 15) is 4.79 Å². The molecule has 2 aliphatic rings. The van der Waals surface area contributed by atoms with E-state index >= 15 is 0 Å². The third-order valence-corrected chi connectivity index (χ3v) is 6.64. The molecule has 28 heavy (non-hydrogen) atoms. The van der Waals surface area contributed by atoms with Crippen LogP contribution < -0.4 is 18.9 Å². The highest BCUT2D eigenvalue weighted by molar-refractivity contribution is 8.00. The van der Waals surface area contributed by atoms with Crippen LogP contribution in [0.25, 0.3) is 0 Å². The van der Waals surface area contributed by atoms with Gasteiger partial charge in [0, 0.05) is 10.8 Å². The minimum Gasteiger partial charge on any atom is -0.497 e. The molecule has 6 nitrogen and oxygen atoms in total. The zero-order valence-corrected chi connectivity index (χ0v) is 17.0. The largest absolute Gasteiger partial charge is 0.497 e. The summed E-state index contributed by atoms with van der Waals surface area (Å²) < 4.78 is 27.3. The molecule has 3 atom stereocenters. The van der Waals surface area contributed by atoms with Gasteiger partial charge in [0.2, 0.25) is 5.75 Å². The monoisotopic (exact) mass is 402 g/mol. The third-order valence-electron chi connectivity index (χ3n) is 5.30. The Bertz CT molecular complexity index is 887. The number of fused-ring (bicyclic) bond motifs is 2. The van der Waals surface area contributed by atoms with Crippen LogP contribution >= 0.6 is 11.8 Å². The van der Waals surface area contributed by atoms with Gasteiger partial charge in [-0.15, -0.1) is 11.8 Å². The molecule has 0 aromatic heterocycles. The summed E-state index contributed by atoms with van der Waals surface area (Å²) in [4.78, 5) is 13.7. The Hall–Kier alpha value is -2.54. The van der Waals surface area contributed by atoms with Crippen LogP contribution in [0.15, 0.2) is 35.2 Å². The maximum absolute atomic E-state index is 12.6. The van der Waals surface area contributed by atoms with Crippen molar-refractivity contribution in [3.8, 4) is 23.0 Å². The Morgan fingerprint density at radius 3 is 2.29 bits per heavy atom. The van der Waals surface area contributed by atoms with Crippen molar-refractivity contribution in [3.05, 3.63) is 41.5 Å². The lowest BCUT2D eigenvalue weighted by molar-refractivity contribution is -0.141. The number of esters is 1. The van der Waals surface area contributed by atoms with Gasteiger partial charge in [0.05, 0.1) is 39.6 Å². The Labute approximate surface area is 168 Å². The first-order chi connectivity index (χ1) is 13.6. The first-order valence-electron chi connectivity index (χ1n) is 8.92. The average Bonchev–Trinajstić information content (AvgIpc) is 3.10. The predicted octanol–water partition coefficient (Wildman–Crippen LogP) is 3.50. The number of thioether (sulfide) groups is 1. The predicted molar refractivity (Wildman–Crippen MR) is 105 cm³/mol. The number of benzene rings is 2. The van der Waals surface area contributed by atoms with E-state index in [1.165, 1.54) is 0 Å². The molecule has 4 rings (SSSR count). The van der Waals surface area contributed by atoms with Crippen LogP contribution in [0.5, 0.6) is 23.0 Å². The Morgan fingerprint density at radius 1 is 0.964 bits per heavy atom. The molecular formula is C21H22O6S. The molecule has 0 bridgehead atoms. The number of rotatable bonds is 5. The Kier molecular flexibility index (Phi) is 5.02. The zero-order chi connectivity index (χ0) is 19.8. The third kappa shape index (κ3) is 2.94. The molecular weight excluding hydrogens is 380 g/mol. The lowest BCUT2D eigenvalue weighted by Gasteiger charge is -2.33. The van der Waals surface area contributed by atoms with Crippen LogP contribution in [0.4, 0.5) is 0 Å². The lowest BCUT2D eigenvalue weighted by Crippen LogP contribution is -2.30. The molecule has 2 aliphatic heterocycles. The summed E-state index contributed by atoms with van der Waals surface area (Å²) in [6, 6.07) is 9.79. The van der Waals surface area contributed by atoms with E-state index in [0.717, 1.165) is 21.8 Å². The maximum atomic E-state index is 12.6. The Balaban J connectivity index is 1.91. The number of carbonyl (C=O) groups excluding carboxylic acids is 1. The van der Waals surface area contributed by atoms with E-state index in [4.69, 9.17) is 23.7 Å². The molecule has 2 aromatic carbocycles. The van der Waals surface area contributed by atoms with Gasteiger partial charge in [0.1, 0.15) is 12.4 Å². The van der Waals surface area contributed by atoms with E-state index in [-0.39, 0.29) is 23.1 Å². The smallest absolute Gasteiger partial charge is 0.311 e. The molecule has 148 valence electrons. The van der Waals surface area contributed by atoms with E-state index in [1.54, 1.807) is 40.2 Å². The number of methoxy groups -OCH3 is 4. The summed E-state index contributed by atoms with van der Waals surface area (Å²) in [7, 11) is 6.40. The normalized spacial score (nSPS) is 22.7.